The average Bonchev–Trinajstić information content (AvgIpc) is 3.30. The van der Waals surface area contributed by atoms with Crippen molar-refractivity contribution < 1.29 is 27.5 Å². The summed E-state index contributed by atoms with van der Waals surface area (Å²) in [6.45, 7) is 4.62. The predicted molar refractivity (Wildman–Crippen MR) is 123 cm³/mol. The monoisotopic (exact) mass is 484 g/mol. The van der Waals surface area contributed by atoms with Gasteiger partial charge in [-0.2, -0.15) is 18.3 Å². The first-order valence-corrected chi connectivity index (χ1v) is 10.9. The molecule has 3 aromatic rings. The summed E-state index contributed by atoms with van der Waals surface area (Å²) in [6, 6.07) is 10.9. The molecule has 2 aromatic carbocycles. The summed E-state index contributed by atoms with van der Waals surface area (Å²) < 4.78 is 45.5. The lowest BCUT2D eigenvalue weighted by atomic mass is 10.1. The van der Waals surface area contributed by atoms with E-state index < -0.39 is 17.6 Å². The van der Waals surface area contributed by atoms with Gasteiger partial charge in [0.15, 0.2) is 0 Å². The second kappa shape index (κ2) is 9.65. The number of carbonyl (C=O) groups excluding carboxylic acids is 2. The average molecular weight is 484 g/mol. The van der Waals surface area contributed by atoms with E-state index in [4.69, 9.17) is 10.5 Å². The van der Waals surface area contributed by atoms with E-state index in [0.717, 1.165) is 25.0 Å². The SMILES string of the molecule is C=CC(=O)N1CCC[C@@H](n2cc(C(N)=O)c(-c3ccc(Oc4ccc(C(F)(F)F)cc4)cc3)n2)C1. The Labute approximate surface area is 199 Å². The second-order valence-electron chi connectivity index (χ2n) is 8.17. The van der Waals surface area contributed by atoms with Gasteiger partial charge in [-0.1, -0.05) is 6.58 Å². The summed E-state index contributed by atoms with van der Waals surface area (Å²) >= 11 is 0. The zero-order chi connectivity index (χ0) is 25.2. The number of benzene rings is 2. The van der Waals surface area contributed by atoms with Gasteiger partial charge >= 0.3 is 6.18 Å². The third-order valence-corrected chi connectivity index (χ3v) is 5.80. The van der Waals surface area contributed by atoms with Crippen LogP contribution in [-0.2, 0) is 11.0 Å². The lowest BCUT2D eigenvalue weighted by molar-refractivity contribution is -0.137. The zero-order valence-corrected chi connectivity index (χ0v) is 18.7. The van der Waals surface area contributed by atoms with Crippen LogP contribution in [0.1, 0.15) is 34.8 Å². The number of alkyl halides is 3. The molecule has 182 valence electrons. The zero-order valence-electron chi connectivity index (χ0n) is 18.7. The molecule has 0 aliphatic carbocycles. The summed E-state index contributed by atoms with van der Waals surface area (Å²) in [4.78, 5) is 25.8. The molecule has 2 heterocycles. The Kier molecular flexibility index (Phi) is 6.63. The number of nitrogens with zero attached hydrogens (tertiary/aromatic N) is 3. The molecule has 1 fully saturated rings. The summed E-state index contributed by atoms with van der Waals surface area (Å²) in [5.41, 5.74) is 6.09. The molecule has 2 N–H and O–H groups in total. The molecule has 0 bridgehead atoms. The normalized spacial score (nSPS) is 16.1. The summed E-state index contributed by atoms with van der Waals surface area (Å²) in [6.07, 6.45) is 0.0389. The largest absolute Gasteiger partial charge is 0.457 e. The maximum Gasteiger partial charge on any atom is 0.416 e. The van der Waals surface area contributed by atoms with Crippen LogP contribution in [0.15, 0.2) is 67.4 Å². The first kappa shape index (κ1) is 24.1. The van der Waals surface area contributed by atoms with Crippen molar-refractivity contribution >= 4 is 11.8 Å². The highest BCUT2D eigenvalue weighted by atomic mass is 19.4. The van der Waals surface area contributed by atoms with E-state index in [-0.39, 0.29) is 23.3 Å². The number of halogens is 3. The Morgan fingerprint density at radius 3 is 2.29 bits per heavy atom. The lowest BCUT2D eigenvalue weighted by Gasteiger charge is -2.32. The second-order valence-corrected chi connectivity index (χ2v) is 8.17. The molecule has 35 heavy (non-hydrogen) atoms. The number of nitrogens with two attached hydrogens (primary N) is 1. The fraction of sp³-hybridized carbons (Fsp3) is 0.240. The minimum atomic E-state index is -4.42. The van der Waals surface area contributed by atoms with Gasteiger partial charge in [0.25, 0.3) is 5.91 Å². The number of rotatable bonds is 6. The molecule has 1 aromatic heterocycles. The van der Waals surface area contributed by atoms with Crippen molar-refractivity contribution in [3.63, 3.8) is 0 Å². The van der Waals surface area contributed by atoms with E-state index in [1.54, 1.807) is 40.0 Å². The van der Waals surface area contributed by atoms with Crippen molar-refractivity contribution in [3.8, 4) is 22.8 Å². The van der Waals surface area contributed by atoms with E-state index in [2.05, 4.69) is 11.7 Å². The van der Waals surface area contributed by atoms with E-state index in [1.165, 1.54) is 18.2 Å². The van der Waals surface area contributed by atoms with Crippen LogP contribution in [0.3, 0.4) is 0 Å². The Bertz CT molecular complexity index is 1230. The Morgan fingerprint density at radius 1 is 1.09 bits per heavy atom. The molecule has 4 rings (SSSR count). The number of hydrogen-bond acceptors (Lipinski definition) is 4. The Hall–Kier alpha value is -4.08. The first-order valence-electron chi connectivity index (χ1n) is 10.9. The number of aromatic nitrogens is 2. The Balaban J connectivity index is 1.53. The maximum absolute atomic E-state index is 12.7. The van der Waals surface area contributed by atoms with Gasteiger partial charge in [-0.15, -0.1) is 0 Å². The van der Waals surface area contributed by atoms with E-state index >= 15 is 0 Å². The molecule has 0 saturated carbocycles. The van der Waals surface area contributed by atoms with Crippen LogP contribution in [0.25, 0.3) is 11.3 Å². The van der Waals surface area contributed by atoms with Crippen molar-refractivity contribution in [1.29, 1.82) is 0 Å². The molecule has 10 heteroatoms. The van der Waals surface area contributed by atoms with Gasteiger partial charge in [0, 0.05) is 24.8 Å². The number of likely N-dealkylation sites (tertiary alicyclic amines) is 1. The molecule has 1 atom stereocenters. The first-order chi connectivity index (χ1) is 16.7. The van der Waals surface area contributed by atoms with Crippen LogP contribution in [0.2, 0.25) is 0 Å². The van der Waals surface area contributed by atoms with Gasteiger partial charge in [-0.25, -0.2) is 0 Å². The number of hydrogen-bond donors (Lipinski definition) is 1. The highest BCUT2D eigenvalue weighted by molar-refractivity contribution is 5.98. The minimum Gasteiger partial charge on any atom is -0.457 e. The number of ether oxygens (including phenoxy) is 1. The van der Waals surface area contributed by atoms with Crippen LogP contribution >= 0.6 is 0 Å². The number of amides is 2. The van der Waals surface area contributed by atoms with Gasteiger partial charge in [0.2, 0.25) is 5.91 Å². The van der Waals surface area contributed by atoms with Gasteiger partial charge in [-0.3, -0.25) is 14.3 Å². The van der Waals surface area contributed by atoms with Crippen LogP contribution in [0.5, 0.6) is 11.5 Å². The standard InChI is InChI=1S/C25H23F3N4O3/c1-2-22(33)31-13-3-4-18(14-31)32-15-21(24(29)34)23(30-32)16-5-9-19(10-6-16)35-20-11-7-17(8-12-20)25(26,27)28/h2,5-12,15,18H,1,3-4,13-14H2,(H2,29,34)/t18-/m1/s1. The quantitative estimate of drug-likeness (QED) is 0.509. The van der Waals surface area contributed by atoms with Crippen LogP contribution in [0.4, 0.5) is 13.2 Å². The molecular weight excluding hydrogens is 461 g/mol. The van der Waals surface area contributed by atoms with Crippen LogP contribution in [0, 0.1) is 0 Å². The summed E-state index contributed by atoms with van der Waals surface area (Å²) in [7, 11) is 0. The number of piperidine rings is 1. The predicted octanol–water partition coefficient (Wildman–Crippen LogP) is 4.81. The van der Waals surface area contributed by atoms with Crippen molar-refractivity contribution in [3.05, 3.63) is 78.5 Å². The maximum atomic E-state index is 12.7. The molecule has 1 saturated heterocycles. The van der Waals surface area contributed by atoms with Gasteiger partial charge < -0.3 is 15.4 Å². The molecule has 0 radical (unpaired) electrons. The number of primary amides is 1. The topological polar surface area (TPSA) is 90.5 Å². The van der Waals surface area contributed by atoms with Crippen molar-refractivity contribution in [2.24, 2.45) is 5.73 Å². The molecule has 2 amide bonds. The highest BCUT2D eigenvalue weighted by Gasteiger charge is 2.30. The van der Waals surface area contributed by atoms with E-state index in [0.29, 0.717) is 30.1 Å². The lowest BCUT2D eigenvalue weighted by Crippen LogP contribution is -2.40. The third-order valence-electron chi connectivity index (χ3n) is 5.80. The smallest absolute Gasteiger partial charge is 0.416 e. The van der Waals surface area contributed by atoms with Crippen molar-refractivity contribution in [1.82, 2.24) is 14.7 Å². The minimum absolute atomic E-state index is 0.109. The summed E-state index contributed by atoms with van der Waals surface area (Å²) in [5.74, 6) is -0.129. The molecule has 1 aliphatic heterocycles. The van der Waals surface area contributed by atoms with Crippen molar-refractivity contribution in [2.75, 3.05) is 13.1 Å². The molecule has 7 nitrogen and oxygen atoms in total. The van der Waals surface area contributed by atoms with Crippen LogP contribution < -0.4 is 10.5 Å². The van der Waals surface area contributed by atoms with Gasteiger partial charge in [0.1, 0.15) is 17.2 Å². The van der Waals surface area contributed by atoms with Crippen molar-refractivity contribution in [2.45, 2.75) is 25.1 Å². The fourth-order valence-corrected chi connectivity index (χ4v) is 4.00. The fourth-order valence-electron chi connectivity index (χ4n) is 4.00. The molecule has 0 spiro atoms. The van der Waals surface area contributed by atoms with Crippen LogP contribution in [-0.4, -0.2) is 39.6 Å². The number of carbonyl (C=O) groups is 2. The Morgan fingerprint density at radius 2 is 1.71 bits per heavy atom. The molecular formula is C25H23F3N4O3. The molecule has 0 unspecified atom stereocenters. The van der Waals surface area contributed by atoms with Gasteiger partial charge in [-0.05, 0) is 67.4 Å². The molecule has 1 aliphatic rings. The van der Waals surface area contributed by atoms with E-state index in [9.17, 15) is 22.8 Å². The van der Waals surface area contributed by atoms with Gasteiger partial charge in [0.05, 0.1) is 17.2 Å². The highest BCUT2D eigenvalue weighted by Crippen LogP contribution is 2.32. The summed E-state index contributed by atoms with van der Waals surface area (Å²) in [5, 5.41) is 4.60. The van der Waals surface area contributed by atoms with E-state index in [1.807, 2.05) is 0 Å². The third kappa shape index (κ3) is 5.37.